The van der Waals surface area contributed by atoms with Crippen LogP contribution in [0.1, 0.15) is 20.8 Å². The highest BCUT2D eigenvalue weighted by molar-refractivity contribution is 14.1. The van der Waals surface area contributed by atoms with Crippen LogP contribution in [0, 0.1) is 3.57 Å². The van der Waals surface area contributed by atoms with Crippen molar-refractivity contribution < 1.29 is 0 Å². The molecular weight excluding hydrogens is 299 g/mol. The Morgan fingerprint density at radius 3 is 1.93 bits per heavy atom. The van der Waals surface area contributed by atoms with Gasteiger partial charge in [0.1, 0.15) is 0 Å². The number of hydrogen-bond acceptors (Lipinski definition) is 0. The molecule has 0 saturated heterocycles. The maximum absolute atomic E-state index is 2.49. The molecule has 0 bridgehead atoms. The molecule has 0 radical (unpaired) electrons. The largest absolute Gasteiger partial charge is 0.0873 e. The Labute approximate surface area is 102 Å². The zero-order valence-corrected chi connectivity index (χ0v) is 12.5. The summed E-state index contributed by atoms with van der Waals surface area (Å²) in [6.45, 7) is 7.09. The summed E-state index contributed by atoms with van der Waals surface area (Å²) in [6.07, 6.45) is 0. The Balaban J connectivity index is 3.17. The predicted molar refractivity (Wildman–Crippen MR) is 76.0 cm³/mol. The van der Waals surface area contributed by atoms with Crippen molar-refractivity contribution in [2.45, 2.75) is 38.9 Å². The molecule has 1 rings (SSSR count). The molecule has 0 aliphatic rings. The van der Waals surface area contributed by atoms with Gasteiger partial charge in [-0.15, -0.1) is 0 Å². The van der Waals surface area contributed by atoms with Gasteiger partial charge in [-0.1, -0.05) is 57.1 Å². The van der Waals surface area contributed by atoms with Gasteiger partial charge in [0.15, 0.2) is 0 Å². The molecule has 0 N–H and O–H groups in total. The summed E-state index contributed by atoms with van der Waals surface area (Å²) in [5.41, 5.74) is 0. The first-order valence-corrected chi connectivity index (χ1v) is 9.15. The lowest BCUT2D eigenvalue weighted by Gasteiger charge is -2.29. The zero-order valence-electron chi connectivity index (χ0n) is 9.31. The van der Waals surface area contributed by atoms with Crippen molar-refractivity contribution in [3.8, 4) is 0 Å². The molecule has 0 aliphatic carbocycles. The summed E-state index contributed by atoms with van der Waals surface area (Å²) in [5.74, 6) is 0. The third-order valence-electron chi connectivity index (χ3n) is 3.48. The number of halogens is 1. The van der Waals surface area contributed by atoms with E-state index >= 15 is 0 Å². The SMILES string of the molecule is CC[Si](CC)(CC)c1ccccc1I. The third kappa shape index (κ3) is 2.22. The van der Waals surface area contributed by atoms with E-state index in [9.17, 15) is 0 Å². The lowest BCUT2D eigenvalue weighted by Crippen LogP contribution is -2.47. The molecule has 14 heavy (non-hydrogen) atoms. The van der Waals surface area contributed by atoms with Crippen LogP contribution in [-0.2, 0) is 0 Å². The van der Waals surface area contributed by atoms with Crippen molar-refractivity contribution in [1.29, 1.82) is 0 Å². The second-order valence-electron chi connectivity index (χ2n) is 3.82. The van der Waals surface area contributed by atoms with Crippen LogP contribution in [0.4, 0.5) is 0 Å². The first kappa shape index (κ1) is 12.2. The normalized spacial score (nSPS) is 11.7. The van der Waals surface area contributed by atoms with E-state index < -0.39 is 8.07 Å². The van der Waals surface area contributed by atoms with Crippen molar-refractivity contribution in [2.24, 2.45) is 0 Å². The van der Waals surface area contributed by atoms with Crippen LogP contribution in [0.25, 0.3) is 0 Å². The lowest BCUT2D eigenvalue weighted by molar-refractivity contribution is 1.19. The van der Waals surface area contributed by atoms with Crippen LogP contribution in [0.15, 0.2) is 24.3 Å². The van der Waals surface area contributed by atoms with Crippen LogP contribution in [-0.4, -0.2) is 8.07 Å². The van der Waals surface area contributed by atoms with E-state index in [1.165, 1.54) is 21.7 Å². The van der Waals surface area contributed by atoms with Gasteiger partial charge in [-0.3, -0.25) is 0 Å². The molecule has 1 aromatic carbocycles. The minimum Gasteiger partial charge on any atom is -0.0675 e. The second-order valence-corrected chi connectivity index (χ2v) is 10.2. The Morgan fingerprint density at radius 1 is 1.00 bits per heavy atom. The first-order chi connectivity index (χ1) is 6.70. The van der Waals surface area contributed by atoms with E-state index in [1.807, 2.05) is 0 Å². The van der Waals surface area contributed by atoms with Gasteiger partial charge in [0, 0.05) is 3.57 Å². The van der Waals surface area contributed by atoms with E-state index in [2.05, 4.69) is 67.6 Å². The zero-order chi connectivity index (χ0) is 10.6. The smallest absolute Gasteiger partial charge is 0.0675 e. The highest BCUT2D eigenvalue weighted by Crippen LogP contribution is 2.22. The Kier molecular flexibility index (Phi) is 4.64. The molecule has 0 heterocycles. The van der Waals surface area contributed by atoms with Crippen LogP contribution in [0.5, 0.6) is 0 Å². The summed E-state index contributed by atoms with van der Waals surface area (Å²) >= 11 is 2.49. The van der Waals surface area contributed by atoms with Gasteiger partial charge in [0.2, 0.25) is 0 Å². The lowest BCUT2D eigenvalue weighted by atomic mass is 10.4. The summed E-state index contributed by atoms with van der Waals surface area (Å²) in [5, 5.41) is 1.67. The Hall–Kier alpha value is 0.167. The van der Waals surface area contributed by atoms with Crippen LogP contribution in [0.2, 0.25) is 18.1 Å². The van der Waals surface area contributed by atoms with Gasteiger partial charge in [-0.05, 0) is 33.8 Å². The highest BCUT2D eigenvalue weighted by atomic mass is 127. The summed E-state index contributed by atoms with van der Waals surface area (Å²) in [4.78, 5) is 0. The van der Waals surface area contributed by atoms with Gasteiger partial charge in [-0.2, -0.15) is 0 Å². The number of hydrogen-bond donors (Lipinski definition) is 0. The van der Waals surface area contributed by atoms with Crippen molar-refractivity contribution >= 4 is 35.9 Å². The quantitative estimate of drug-likeness (QED) is 0.581. The van der Waals surface area contributed by atoms with Gasteiger partial charge in [0.25, 0.3) is 0 Å². The van der Waals surface area contributed by atoms with Gasteiger partial charge >= 0.3 is 0 Å². The van der Waals surface area contributed by atoms with E-state index in [1.54, 1.807) is 5.19 Å². The average molecular weight is 318 g/mol. The summed E-state index contributed by atoms with van der Waals surface area (Å²) < 4.78 is 1.47. The van der Waals surface area contributed by atoms with Crippen molar-refractivity contribution in [3.05, 3.63) is 27.8 Å². The molecule has 0 unspecified atom stereocenters. The number of benzene rings is 1. The molecule has 0 fully saturated rings. The maximum atomic E-state index is 2.49. The molecule has 0 spiro atoms. The van der Waals surface area contributed by atoms with E-state index in [-0.39, 0.29) is 0 Å². The van der Waals surface area contributed by atoms with E-state index in [0.29, 0.717) is 0 Å². The molecule has 0 amide bonds. The Morgan fingerprint density at radius 2 is 1.50 bits per heavy atom. The molecule has 1 aromatic rings. The molecule has 0 atom stereocenters. The van der Waals surface area contributed by atoms with Gasteiger partial charge in [-0.25, -0.2) is 0 Å². The van der Waals surface area contributed by atoms with Crippen LogP contribution in [0.3, 0.4) is 0 Å². The molecule has 0 aliphatic heterocycles. The second kappa shape index (κ2) is 5.31. The van der Waals surface area contributed by atoms with Crippen molar-refractivity contribution in [1.82, 2.24) is 0 Å². The average Bonchev–Trinajstić information content (AvgIpc) is 2.24. The van der Waals surface area contributed by atoms with Crippen LogP contribution >= 0.6 is 22.6 Å². The van der Waals surface area contributed by atoms with E-state index in [0.717, 1.165) is 0 Å². The number of rotatable bonds is 4. The predicted octanol–water partition coefficient (Wildman–Crippen LogP) is 4.01. The topological polar surface area (TPSA) is 0 Å². The van der Waals surface area contributed by atoms with Crippen LogP contribution < -0.4 is 5.19 Å². The van der Waals surface area contributed by atoms with Crippen molar-refractivity contribution in [2.75, 3.05) is 0 Å². The summed E-state index contributed by atoms with van der Waals surface area (Å²) in [7, 11) is -1.15. The van der Waals surface area contributed by atoms with Gasteiger partial charge in [0.05, 0.1) is 8.07 Å². The highest BCUT2D eigenvalue weighted by Gasteiger charge is 2.30. The molecule has 0 nitrogen and oxygen atoms in total. The standard InChI is InChI=1S/C12H19ISi/c1-4-14(5-2,6-3)12-10-8-7-9-11(12)13/h7-10H,4-6H2,1-3H3. The van der Waals surface area contributed by atoms with Gasteiger partial charge < -0.3 is 0 Å². The van der Waals surface area contributed by atoms with E-state index in [4.69, 9.17) is 0 Å². The third-order valence-corrected chi connectivity index (χ3v) is 10.6. The molecule has 2 heteroatoms. The fraction of sp³-hybridized carbons (Fsp3) is 0.500. The Bertz CT molecular complexity index is 284. The van der Waals surface area contributed by atoms with Crippen molar-refractivity contribution in [3.63, 3.8) is 0 Å². The first-order valence-electron chi connectivity index (χ1n) is 5.45. The fourth-order valence-electron chi connectivity index (χ4n) is 2.21. The monoisotopic (exact) mass is 318 g/mol. The maximum Gasteiger partial charge on any atom is 0.0873 e. The minimum atomic E-state index is -1.15. The molecule has 0 aromatic heterocycles. The molecule has 78 valence electrons. The minimum absolute atomic E-state index is 1.15. The fourth-order valence-corrected chi connectivity index (χ4v) is 8.00. The summed E-state index contributed by atoms with van der Waals surface area (Å²) in [6, 6.07) is 13.1. The molecule has 0 saturated carbocycles. The molecular formula is C12H19ISi.